The SMILES string of the molecule is O=C(Nc1cc(C#CCO)ccn1)c1ccc(Br)c(O)c1. The van der Waals surface area contributed by atoms with Crippen molar-refractivity contribution in [2.45, 2.75) is 0 Å². The second-order valence-electron chi connectivity index (χ2n) is 4.01. The van der Waals surface area contributed by atoms with Gasteiger partial charge in [-0.15, -0.1) is 0 Å². The van der Waals surface area contributed by atoms with Crippen molar-refractivity contribution < 1.29 is 15.0 Å². The second kappa shape index (κ2) is 6.88. The summed E-state index contributed by atoms with van der Waals surface area (Å²) >= 11 is 3.15. The Hall–Kier alpha value is -2.36. The lowest BCUT2D eigenvalue weighted by Gasteiger charge is -2.06. The molecule has 1 aromatic carbocycles. The normalized spacial score (nSPS) is 9.62. The van der Waals surface area contributed by atoms with E-state index < -0.39 is 5.91 Å². The molecule has 6 heteroatoms. The van der Waals surface area contributed by atoms with E-state index in [0.29, 0.717) is 21.4 Å². The van der Waals surface area contributed by atoms with Crippen molar-refractivity contribution in [2.75, 3.05) is 11.9 Å². The fourth-order valence-corrected chi connectivity index (χ4v) is 1.81. The van der Waals surface area contributed by atoms with Gasteiger partial charge in [0.25, 0.3) is 5.91 Å². The molecule has 0 aliphatic rings. The van der Waals surface area contributed by atoms with Crippen molar-refractivity contribution in [3.8, 4) is 17.6 Å². The minimum atomic E-state index is -0.391. The van der Waals surface area contributed by atoms with Gasteiger partial charge in [-0.3, -0.25) is 4.79 Å². The van der Waals surface area contributed by atoms with Crippen LogP contribution in [0.3, 0.4) is 0 Å². The summed E-state index contributed by atoms with van der Waals surface area (Å²) in [5.74, 6) is 5.18. The van der Waals surface area contributed by atoms with Crippen molar-refractivity contribution in [2.24, 2.45) is 0 Å². The third-order valence-electron chi connectivity index (χ3n) is 2.52. The maximum atomic E-state index is 12.0. The molecule has 0 saturated carbocycles. The summed E-state index contributed by atoms with van der Waals surface area (Å²) in [7, 11) is 0. The van der Waals surface area contributed by atoms with Crippen LogP contribution < -0.4 is 5.32 Å². The Morgan fingerprint density at radius 2 is 2.14 bits per heavy atom. The highest BCUT2D eigenvalue weighted by molar-refractivity contribution is 9.10. The number of amides is 1. The van der Waals surface area contributed by atoms with Gasteiger partial charge in [-0.1, -0.05) is 11.8 Å². The van der Waals surface area contributed by atoms with Crippen molar-refractivity contribution in [1.29, 1.82) is 0 Å². The zero-order valence-corrected chi connectivity index (χ0v) is 12.4. The van der Waals surface area contributed by atoms with E-state index in [0.717, 1.165) is 0 Å². The highest BCUT2D eigenvalue weighted by Gasteiger charge is 2.09. The summed E-state index contributed by atoms with van der Waals surface area (Å²) in [4.78, 5) is 16.1. The van der Waals surface area contributed by atoms with E-state index in [1.807, 2.05) is 0 Å². The van der Waals surface area contributed by atoms with Crippen LogP contribution >= 0.6 is 15.9 Å². The fraction of sp³-hybridized carbons (Fsp3) is 0.0667. The number of hydrogen-bond donors (Lipinski definition) is 3. The third kappa shape index (κ3) is 4.05. The molecule has 0 bridgehead atoms. The molecule has 0 saturated heterocycles. The van der Waals surface area contributed by atoms with E-state index in [-0.39, 0.29) is 12.4 Å². The number of anilines is 1. The molecule has 0 fully saturated rings. The number of aromatic nitrogens is 1. The number of rotatable bonds is 2. The topological polar surface area (TPSA) is 82.5 Å². The van der Waals surface area contributed by atoms with Gasteiger partial charge in [0.1, 0.15) is 18.2 Å². The minimum Gasteiger partial charge on any atom is -0.507 e. The predicted octanol–water partition coefficient (Wildman–Crippen LogP) is 2.15. The minimum absolute atomic E-state index is 0.0156. The molecule has 0 aliphatic carbocycles. The van der Waals surface area contributed by atoms with Crippen molar-refractivity contribution in [3.63, 3.8) is 0 Å². The first kappa shape index (κ1) is 15.0. The Morgan fingerprint density at radius 3 is 2.86 bits per heavy atom. The van der Waals surface area contributed by atoms with Crippen LogP contribution in [0.2, 0.25) is 0 Å². The van der Waals surface area contributed by atoms with Crippen LogP contribution in [0, 0.1) is 11.8 Å². The Labute approximate surface area is 129 Å². The Morgan fingerprint density at radius 1 is 1.33 bits per heavy atom. The van der Waals surface area contributed by atoms with Crippen molar-refractivity contribution >= 4 is 27.7 Å². The third-order valence-corrected chi connectivity index (χ3v) is 3.19. The molecular formula is C15H11BrN2O3. The lowest BCUT2D eigenvalue weighted by molar-refractivity contribution is 0.102. The molecule has 106 valence electrons. The first-order valence-electron chi connectivity index (χ1n) is 5.96. The predicted molar refractivity (Wildman–Crippen MR) is 82.0 cm³/mol. The molecule has 0 radical (unpaired) electrons. The molecule has 0 unspecified atom stereocenters. The van der Waals surface area contributed by atoms with Gasteiger partial charge in [0.15, 0.2) is 0 Å². The second-order valence-corrected chi connectivity index (χ2v) is 4.86. The molecule has 0 aliphatic heterocycles. The summed E-state index contributed by atoms with van der Waals surface area (Å²) in [6.45, 7) is -0.234. The molecule has 2 rings (SSSR count). The van der Waals surface area contributed by atoms with E-state index in [9.17, 15) is 9.90 Å². The Bertz CT molecular complexity index is 735. The molecule has 2 aromatic rings. The number of benzene rings is 1. The number of nitrogens with one attached hydrogen (secondary N) is 1. The first-order valence-corrected chi connectivity index (χ1v) is 6.75. The summed E-state index contributed by atoms with van der Waals surface area (Å²) < 4.78 is 0.512. The number of nitrogens with zero attached hydrogens (tertiary/aromatic N) is 1. The number of phenols is 1. The van der Waals surface area contributed by atoms with E-state index in [4.69, 9.17) is 5.11 Å². The number of halogens is 1. The maximum absolute atomic E-state index is 12.0. The lowest BCUT2D eigenvalue weighted by atomic mass is 10.2. The quantitative estimate of drug-likeness (QED) is 0.727. The number of pyridine rings is 1. The van der Waals surface area contributed by atoms with Gasteiger partial charge in [-0.05, 0) is 46.3 Å². The van der Waals surface area contributed by atoms with Gasteiger partial charge in [0.2, 0.25) is 0 Å². The van der Waals surface area contributed by atoms with Gasteiger partial charge in [-0.2, -0.15) is 0 Å². The number of aromatic hydroxyl groups is 1. The average Bonchev–Trinajstić information content (AvgIpc) is 2.48. The number of hydrogen-bond acceptors (Lipinski definition) is 4. The van der Waals surface area contributed by atoms with Crippen LogP contribution in [0.25, 0.3) is 0 Å². The van der Waals surface area contributed by atoms with Gasteiger partial charge in [0, 0.05) is 17.3 Å². The largest absolute Gasteiger partial charge is 0.507 e. The zero-order valence-electron chi connectivity index (χ0n) is 10.8. The summed E-state index contributed by atoms with van der Waals surface area (Å²) in [6.07, 6.45) is 1.51. The van der Waals surface area contributed by atoms with Gasteiger partial charge in [-0.25, -0.2) is 4.98 Å². The van der Waals surface area contributed by atoms with Gasteiger partial charge >= 0.3 is 0 Å². The standard InChI is InChI=1S/C15H11BrN2O3/c16-12-4-3-11(9-13(12)20)15(21)18-14-8-10(2-1-7-19)5-6-17-14/h3-6,8-9,19-20H,7H2,(H,17,18,21). The molecule has 3 N–H and O–H groups in total. The van der Waals surface area contributed by atoms with E-state index in [1.165, 1.54) is 12.3 Å². The number of carbonyl (C=O) groups is 1. The number of aliphatic hydroxyl groups is 1. The monoisotopic (exact) mass is 346 g/mol. The maximum Gasteiger partial charge on any atom is 0.256 e. The molecule has 0 atom stereocenters. The van der Waals surface area contributed by atoms with Crippen molar-refractivity contribution in [3.05, 3.63) is 52.1 Å². The smallest absolute Gasteiger partial charge is 0.256 e. The van der Waals surface area contributed by atoms with Crippen LogP contribution in [0.1, 0.15) is 15.9 Å². The van der Waals surface area contributed by atoms with Crippen LogP contribution in [0.4, 0.5) is 5.82 Å². The van der Waals surface area contributed by atoms with Crippen LogP contribution in [-0.4, -0.2) is 27.7 Å². The molecule has 5 nitrogen and oxygen atoms in total. The molecule has 1 aromatic heterocycles. The van der Waals surface area contributed by atoms with E-state index in [1.54, 1.807) is 24.3 Å². The molecule has 1 amide bonds. The first-order chi connectivity index (χ1) is 10.1. The molecular weight excluding hydrogens is 336 g/mol. The number of aliphatic hydroxyl groups excluding tert-OH is 1. The summed E-state index contributed by atoms with van der Waals surface area (Å²) in [5.41, 5.74) is 0.942. The number of phenolic OH excluding ortho intramolecular Hbond substituents is 1. The molecule has 21 heavy (non-hydrogen) atoms. The van der Waals surface area contributed by atoms with Gasteiger partial charge in [0.05, 0.1) is 4.47 Å². The number of carbonyl (C=O) groups excluding carboxylic acids is 1. The summed E-state index contributed by atoms with van der Waals surface area (Å²) in [5, 5.41) is 20.8. The Kier molecular flexibility index (Phi) is 4.93. The Balaban J connectivity index is 2.17. The van der Waals surface area contributed by atoms with Crippen molar-refractivity contribution in [1.82, 2.24) is 4.98 Å². The molecule has 0 spiro atoms. The molecule has 1 heterocycles. The van der Waals surface area contributed by atoms with Gasteiger partial charge < -0.3 is 15.5 Å². The van der Waals surface area contributed by atoms with Crippen LogP contribution in [0.15, 0.2) is 41.0 Å². The summed E-state index contributed by atoms with van der Waals surface area (Å²) in [6, 6.07) is 7.78. The highest BCUT2D eigenvalue weighted by atomic mass is 79.9. The highest BCUT2D eigenvalue weighted by Crippen LogP contribution is 2.24. The zero-order chi connectivity index (χ0) is 15.2. The average molecular weight is 347 g/mol. The fourth-order valence-electron chi connectivity index (χ4n) is 1.56. The van der Waals surface area contributed by atoms with Crippen LogP contribution in [0.5, 0.6) is 5.75 Å². The van der Waals surface area contributed by atoms with E-state index in [2.05, 4.69) is 38.1 Å². The lowest BCUT2D eigenvalue weighted by Crippen LogP contribution is -2.12. The van der Waals surface area contributed by atoms with Crippen LogP contribution in [-0.2, 0) is 0 Å². The van der Waals surface area contributed by atoms with E-state index >= 15 is 0 Å².